The van der Waals surface area contributed by atoms with Gasteiger partial charge in [0.15, 0.2) is 6.29 Å². The lowest BCUT2D eigenvalue weighted by atomic mass is 10.1. The summed E-state index contributed by atoms with van der Waals surface area (Å²) in [6.45, 7) is 1.44. The number of ketones is 3. The third kappa shape index (κ3) is 1.89. The van der Waals surface area contributed by atoms with Crippen LogP contribution in [-0.2, 0) is 19.2 Å². The van der Waals surface area contributed by atoms with Crippen LogP contribution < -0.4 is 0 Å². The number of rotatable bonds is 4. The zero-order chi connectivity index (χ0) is 8.15. The average Bonchev–Trinajstić information content (AvgIpc) is 2.00. The molecule has 4 nitrogen and oxygen atoms in total. The Morgan fingerprint density at radius 3 is 2.10 bits per heavy atom. The Morgan fingerprint density at radius 2 is 1.80 bits per heavy atom. The predicted molar refractivity (Wildman–Crippen MR) is 31.4 cm³/mol. The number of hydrogen-bond acceptors (Lipinski definition) is 4. The lowest BCUT2D eigenvalue weighted by molar-refractivity contribution is -0.145. The summed E-state index contributed by atoms with van der Waals surface area (Å²) in [5.74, 6) is -3.32. The molecule has 4 heteroatoms. The van der Waals surface area contributed by atoms with E-state index >= 15 is 0 Å². The summed E-state index contributed by atoms with van der Waals surface area (Å²) < 4.78 is 0. The van der Waals surface area contributed by atoms with Gasteiger partial charge in [0.05, 0.1) is 0 Å². The van der Waals surface area contributed by atoms with Crippen molar-refractivity contribution >= 4 is 23.6 Å². The van der Waals surface area contributed by atoms with Gasteiger partial charge in [-0.25, -0.2) is 0 Å². The Morgan fingerprint density at radius 1 is 1.30 bits per heavy atom. The first-order valence-corrected chi connectivity index (χ1v) is 2.70. The Hall–Kier alpha value is -1.32. The van der Waals surface area contributed by atoms with Gasteiger partial charge in [0.25, 0.3) is 11.6 Å². The Bertz CT molecular complexity index is 192. The number of Topliss-reactive ketones (excluding diaryl/α,β-unsaturated/α-hetero) is 3. The average molecular weight is 142 g/mol. The van der Waals surface area contributed by atoms with E-state index in [1.165, 1.54) is 6.92 Å². The molecule has 0 aromatic rings. The molecule has 0 saturated carbocycles. The maximum atomic E-state index is 10.4. The summed E-state index contributed by atoms with van der Waals surface area (Å²) in [7, 11) is 0. The minimum Gasteiger partial charge on any atom is -0.294 e. The second-order valence-corrected chi connectivity index (χ2v) is 1.59. The topological polar surface area (TPSA) is 68.3 Å². The Balaban J connectivity index is 4.22. The number of carbonyl (C=O) groups is 4. The van der Waals surface area contributed by atoms with Gasteiger partial charge >= 0.3 is 0 Å². The first kappa shape index (κ1) is 8.68. The molecule has 0 aliphatic rings. The zero-order valence-electron chi connectivity index (χ0n) is 5.42. The van der Waals surface area contributed by atoms with Crippen molar-refractivity contribution in [2.75, 3.05) is 0 Å². The lowest BCUT2D eigenvalue weighted by Gasteiger charge is -1.86. The molecule has 0 aliphatic carbocycles. The molecular formula is C6H6O4. The first-order valence-electron chi connectivity index (χ1n) is 2.70. The smallest absolute Gasteiger partial charge is 0.271 e. The molecule has 0 aromatic carbocycles. The van der Waals surface area contributed by atoms with E-state index in [4.69, 9.17) is 0 Å². The van der Waals surface area contributed by atoms with Gasteiger partial charge in [-0.2, -0.15) is 0 Å². The quantitative estimate of drug-likeness (QED) is 0.296. The fourth-order valence-electron chi connectivity index (χ4n) is 0.351. The van der Waals surface area contributed by atoms with Gasteiger partial charge in [0.1, 0.15) is 0 Å². The Kier molecular flexibility index (Phi) is 3.17. The molecule has 0 fully saturated rings. The molecule has 0 atom stereocenters. The maximum Gasteiger partial charge on any atom is 0.271 e. The summed E-state index contributed by atoms with van der Waals surface area (Å²) >= 11 is 0. The minimum absolute atomic E-state index is 0.0432. The van der Waals surface area contributed by atoms with Crippen LogP contribution in [-0.4, -0.2) is 23.6 Å². The van der Waals surface area contributed by atoms with Crippen molar-refractivity contribution in [2.45, 2.75) is 13.3 Å². The first-order chi connectivity index (χ1) is 4.63. The molecule has 0 aliphatic heterocycles. The SMILES string of the molecule is CCC(=O)C(=O)C(=O)C=O. The van der Waals surface area contributed by atoms with Gasteiger partial charge in [-0.3, -0.25) is 19.2 Å². The largest absolute Gasteiger partial charge is 0.294 e. The van der Waals surface area contributed by atoms with Crippen LogP contribution >= 0.6 is 0 Å². The third-order valence-corrected chi connectivity index (χ3v) is 0.905. The lowest BCUT2D eigenvalue weighted by Crippen LogP contribution is -2.23. The zero-order valence-corrected chi connectivity index (χ0v) is 5.42. The maximum absolute atomic E-state index is 10.4. The number of carbonyl (C=O) groups excluding carboxylic acids is 4. The molecule has 54 valence electrons. The van der Waals surface area contributed by atoms with Crippen molar-refractivity contribution in [3.8, 4) is 0 Å². The van der Waals surface area contributed by atoms with Crippen LogP contribution in [0.15, 0.2) is 0 Å². The fourth-order valence-corrected chi connectivity index (χ4v) is 0.351. The highest BCUT2D eigenvalue weighted by Gasteiger charge is 2.19. The van der Waals surface area contributed by atoms with Gasteiger partial charge in [-0.1, -0.05) is 6.92 Å². The van der Waals surface area contributed by atoms with E-state index in [9.17, 15) is 19.2 Å². The van der Waals surface area contributed by atoms with Gasteiger partial charge in [0.2, 0.25) is 5.78 Å². The second kappa shape index (κ2) is 3.66. The summed E-state index contributed by atoms with van der Waals surface area (Å²) in [6.07, 6.45) is -0.200. The van der Waals surface area contributed by atoms with Crippen molar-refractivity contribution in [3.63, 3.8) is 0 Å². The third-order valence-electron chi connectivity index (χ3n) is 0.905. The van der Waals surface area contributed by atoms with Crippen LogP contribution in [0, 0.1) is 0 Å². The van der Waals surface area contributed by atoms with E-state index in [0.717, 1.165) is 0 Å². The van der Waals surface area contributed by atoms with E-state index in [1.54, 1.807) is 0 Å². The van der Waals surface area contributed by atoms with Crippen LogP contribution in [0.3, 0.4) is 0 Å². The summed E-state index contributed by atoms with van der Waals surface area (Å²) in [5.41, 5.74) is 0. The van der Waals surface area contributed by atoms with Crippen molar-refractivity contribution < 1.29 is 19.2 Å². The van der Waals surface area contributed by atoms with Gasteiger partial charge in [0, 0.05) is 6.42 Å². The number of hydrogen-bond donors (Lipinski definition) is 0. The van der Waals surface area contributed by atoms with E-state index in [1.807, 2.05) is 0 Å². The summed E-state index contributed by atoms with van der Waals surface area (Å²) in [4.78, 5) is 40.6. The van der Waals surface area contributed by atoms with E-state index in [-0.39, 0.29) is 12.7 Å². The van der Waals surface area contributed by atoms with Gasteiger partial charge in [-0.15, -0.1) is 0 Å². The molecule has 0 unspecified atom stereocenters. The van der Waals surface area contributed by atoms with Crippen LogP contribution in [0.5, 0.6) is 0 Å². The van der Waals surface area contributed by atoms with Crippen molar-refractivity contribution in [1.82, 2.24) is 0 Å². The molecule has 0 aromatic heterocycles. The molecule has 0 bridgehead atoms. The summed E-state index contributed by atoms with van der Waals surface area (Å²) in [5, 5.41) is 0. The monoisotopic (exact) mass is 142 g/mol. The van der Waals surface area contributed by atoms with Crippen LogP contribution in [0.2, 0.25) is 0 Å². The van der Waals surface area contributed by atoms with Crippen molar-refractivity contribution in [1.29, 1.82) is 0 Å². The summed E-state index contributed by atoms with van der Waals surface area (Å²) in [6, 6.07) is 0. The molecule has 0 spiro atoms. The molecule has 0 saturated heterocycles. The Labute approximate surface area is 57.2 Å². The van der Waals surface area contributed by atoms with Crippen LogP contribution in [0.1, 0.15) is 13.3 Å². The standard InChI is InChI=1S/C6H6O4/c1-2-4(8)6(10)5(9)3-7/h3H,2H2,1H3. The highest BCUT2D eigenvalue weighted by Crippen LogP contribution is 1.83. The van der Waals surface area contributed by atoms with Crippen LogP contribution in [0.4, 0.5) is 0 Å². The molecule has 0 radical (unpaired) electrons. The molecule has 0 heterocycles. The van der Waals surface area contributed by atoms with E-state index in [2.05, 4.69) is 0 Å². The van der Waals surface area contributed by atoms with Crippen LogP contribution in [0.25, 0.3) is 0 Å². The number of aldehydes is 1. The fraction of sp³-hybridized carbons (Fsp3) is 0.333. The predicted octanol–water partition coefficient (Wildman–Crippen LogP) is -0.697. The van der Waals surface area contributed by atoms with Gasteiger partial charge in [-0.05, 0) is 0 Å². The van der Waals surface area contributed by atoms with E-state index in [0.29, 0.717) is 0 Å². The van der Waals surface area contributed by atoms with Crippen molar-refractivity contribution in [2.24, 2.45) is 0 Å². The highest BCUT2D eigenvalue weighted by molar-refractivity contribution is 6.74. The van der Waals surface area contributed by atoms with Crippen molar-refractivity contribution in [3.05, 3.63) is 0 Å². The van der Waals surface area contributed by atoms with Gasteiger partial charge < -0.3 is 0 Å². The normalized spacial score (nSPS) is 8.50. The second-order valence-electron chi connectivity index (χ2n) is 1.59. The molecule has 0 amide bonds. The minimum atomic E-state index is -1.27. The molecule has 10 heavy (non-hydrogen) atoms. The highest BCUT2D eigenvalue weighted by atomic mass is 16.2. The molecule has 0 rings (SSSR count). The van der Waals surface area contributed by atoms with E-state index < -0.39 is 17.3 Å². The molecule has 0 N–H and O–H groups in total. The molecular weight excluding hydrogens is 136 g/mol.